The van der Waals surface area contributed by atoms with Gasteiger partial charge in [0.1, 0.15) is 5.60 Å². The number of carbonyl (C=O) groups excluding carboxylic acids is 2. The van der Waals surface area contributed by atoms with Crippen LogP contribution in [0.5, 0.6) is 0 Å². The van der Waals surface area contributed by atoms with Crippen LogP contribution in [0.25, 0.3) is 21.5 Å². The second-order valence-corrected chi connectivity index (χ2v) is 14.9. The zero-order valence-corrected chi connectivity index (χ0v) is 30.9. The molecule has 7 rings (SSSR count). The average Bonchev–Trinajstić information content (AvgIpc) is 3.63. The number of fused-ring (bicyclic) bond motifs is 2. The van der Waals surface area contributed by atoms with Gasteiger partial charge in [-0.25, -0.2) is 9.48 Å². The van der Waals surface area contributed by atoms with Gasteiger partial charge in [-0.05, 0) is 96.1 Å². The van der Waals surface area contributed by atoms with Crippen LogP contribution in [0.2, 0.25) is 0 Å². The van der Waals surface area contributed by atoms with Crippen LogP contribution < -0.4 is 4.90 Å². The van der Waals surface area contributed by atoms with Crippen molar-refractivity contribution < 1.29 is 19.1 Å². The van der Waals surface area contributed by atoms with E-state index in [0.717, 1.165) is 38.8 Å². The second kappa shape index (κ2) is 15.6. The molecule has 9 heteroatoms. The maximum Gasteiger partial charge on any atom is 0.410 e. The maximum atomic E-state index is 13.2. The van der Waals surface area contributed by atoms with Crippen molar-refractivity contribution in [1.82, 2.24) is 19.9 Å². The molecule has 0 bridgehead atoms. The van der Waals surface area contributed by atoms with Crippen molar-refractivity contribution >= 4 is 39.2 Å². The number of benzene rings is 5. The summed E-state index contributed by atoms with van der Waals surface area (Å²) in [7, 11) is 0. The van der Waals surface area contributed by atoms with E-state index >= 15 is 0 Å². The fourth-order valence-electron chi connectivity index (χ4n) is 7.19. The third kappa shape index (κ3) is 8.75. The first kappa shape index (κ1) is 35.8. The lowest BCUT2D eigenvalue weighted by Gasteiger charge is -2.38. The molecule has 9 nitrogen and oxygen atoms in total. The summed E-state index contributed by atoms with van der Waals surface area (Å²) in [5.41, 5.74) is 4.49. The number of carbonyl (C=O) groups is 2. The van der Waals surface area contributed by atoms with E-state index in [-0.39, 0.29) is 24.0 Å². The first-order chi connectivity index (χ1) is 25.6. The van der Waals surface area contributed by atoms with E-state index in [1.54, 1.807) is 11.8 Å². The smallest absolute Gasteiger partial charge is 0.410 e. The fourth-order valence-corrected chi connectivity index (χ4v) is 7.19. The molecular formula is C44H47N5O4. The predicted molar refractivity (Wildman–Crippen MR) is 209 cm³/mol. The minimum Gasteiger partial charge on any atom is -0.444 e. The number of ether oxygens (including phenoxy) is 2. The Labute approximate surface area is 311 Å². The quantitative estimate of drug-likeness (QED) is 0.141. The van der Waals surface area contributed by atoms with E-state index in [1.165, 1.54) is 10.8 Å². The molecule has 6 aromatic rings. The van der Waals surface area contributed by atoms with E-state index in [4.69, 9.17) is 9.47 Å². The Hall–Kier alpha value is -5.54. The lowest BCUT2D eigenvalue weighted by molar-refractivity contribution is -0.116. The average molecular weight is 710 g/mol. The standard InChI is InChI=1S/C44H47N5O4/c1-31(50)48(28-33-16-18-35-11-5-7-13-37(35)24-33)39-15-9-10-32(26-39)20-23-49-41(27-45-46-49)40-21-22-47(43(51)53-44(2,3)4)29-42(40)52-30-34-17-19-36-12-6-8-14-38(36)25-34/h5-19,24-27,40,42H,20-23,28-30H2,1-4H3/t40-,42+/m1/s1. The number of piperidine rings is 1. The molecule has 2 heterocycles. The summed E-state index contributed by atoms with van der Waals surface area (Å²) in [6.07, 6.45) is 2.60. The van der Waals surface area contributed by atoms with E-state index < -0.39 is 5.60 Å². The van der Waals surface area contributed by atoms with Crippen LogP contribution in [-0.4, -0.2) is 56.7 Å². The summed E-state index contributed by atoms with van der Waals surface area (Å²) in [5, 5.41) is 13.5. The molecule has 2 amide bonds. The highest BCUT2D eigenvalue weighted by atomic mass is 16.6. The fraction of sp³-hybridized carbons (Fsp3) is 0.318. The molecule has 1 aromatic heterocycles. The van der Waals surface area contributed by atoms with Crippen molar-refractivity contribution in [2.45, 2.75) is 77.9 Å². The van der Waals surface area contributed by atoms with Gasteiger partial charge in [0.15, 0.2) is 0 Å². The lowest BCUT2D eigenvalue weighted by atomic mass is 9.90. The van der Waals surface area contributed by atoms with Crippen LogP contribution >= 0.6 is 0 Å². The molecule has 1 aliphatic rings. The molecular weight excluding hydrogens is 663 g/mol. The number of hydrogen-bond donors (Lipinski definition) is 0. The summed E-state index contributed by atoms with van der Waals surface area (Å²) < 4.78 is 14.4. The van der Waals surface area contributed by atoms with Gasteiger partial charge in [-0.1, -0.05) is 90.1 Å². The van der Waals surface area contributed by atoms with Crippen molar-refractivity contribution in [2.24, 2.45) is 0 Å². The topological polar surface area (TPSA) is 89.8 Å². The first-order valence-corrected chi connectivity index (χ1v) is 18.4. The molecule has 0 unspecified atom stereocenters. The largest absolute Gasteiger partial charge is 0.444 e. The van der Waals surface area contributed by atoms with E-state index in [0.29, 0.717) is 45.6 Å². The third-order valence-corrected chi connectivity index (χ3v) is 9.89. The number of amides is 2. The second-order valence-electron chi connectivity index (χ2n) is 14.9. The summed E-state index contributed by atoms with van der Waals surface area (Å²) in [6, 6.07) is 37.4. The van der Waals surface area contributed by atoms with Crippen molar-refractivity contribution in [3.8, 4) is 0 Å². The molecule has 53 heavy (non-hydrogen) atoms. The van der Waals surface area contributed by atoms with Crippen molar-refractivity contribution in [2.75, 3.05) is 18.0 Å². The molecule has 0 saturated carbocycles. The van der Waals surface area contributed by atoms with E-state index in [1.807, 2.05) is 72.9 Å². The molecule has 1 fully saturated rings. The van der Waals surface area contributed by atoms with Crippen molar-refractivity contribution in [3.05, 3.63) is 138 Å². The van der Waals surface area contributed by atoms with Gasteiger partial charge in [0.25, 0.3) is 0 Å². The minimum absolute atomic E-state index is 0.0127. The number of anilines is 1. The summed E-state index contributed by atoms with van der Waals surface area (Å²) >= 11 is 0. The molecule has 0 aliphatic carbocycles. The van der Waals surface area contributed by atoms with Crippen LogP contribution in [0.15, 0.2) is 115 Å². The lowest BCUT2D eigenvalue weighted by Crippen LogP contribution is -2.48. The number of aryl methyl sites for hydroxylation is 2. The van der Waals surface area contributed by atoms with Crippen LogP contribution in [0.1, 0.15) is 62.4 Å². The zero-order chi connectivity index (χ0) is 37.0. The number of hydrogen-bond acceptors (Lipinski definition) is 6. The molecule has 1 aliphatic heterocycles. The van der Waals surface area contributed by atoms with Gasteiger partial charge in [0.2, 0.25) is 5.91 Å². The van der Waals surface area contributed by atoms with Gasteiger partial charge in [-0.2, -0.15) is 0 Å². The van der Waals surface area contributed by atoms with Gasteiger partial charge in [-0.3, -0.25) is 4.79 Å². The van der Waals surface area contributed by atoms with E-state index in [2.05, 4.69) is 83.1 Å². The molecule has 2 atom stereocenters. The number of nitrogens with zero attached hydrogens (tertiary/aromatic N) is 5. The Balaban J connectivity index is 1.07. The third-order valence-electron chi connectivity index (χ3n) is 9.89. The number of aromatic nitrogens is 3. The van der Waals surface area contributed by atoms with Crippen LogP contribution in [0, 0.1) is 0 Å². The Kier molecular flexibility index (Phi) is 10.5. The number of rotatable bonds is 10. The van der Waals surface area contributed by atoms with E-state index in [9.17, 15) is 9.59 Å². The highest BCUT2D eigenvalue weighted by Gasteiger charge is 2.37. The molecule has 0 N–H and O–H groups in total. The molecule has 5 aromatic carbocycles. The summed E-state index contributed by atoms with van der Waals surface area (Å²) in [4.78, 5) is 29.7. The Morgan fingerprint density at radius 3 is 2.19 bits per heavy atom. The van der Waals surface area contributed by atoms with Gasteiger partial charge in [0, 0.05) is 31.6 Å². The highest BCUT2D eigenvalue weighted by Crippen LogP contribution is 2.32. The SMILES string of the molecule is CC(=O)N(Cc1ccc2ccccc2c1)c1cccc(CCn2nncc2[C@H]2CCN(C(=O)OC(C)(C)C)C[C@@H]2OCc2ccc3ccccc3c2)c1. The van der Waals surface area contributed by atoms with Crippen molar-refractivity contribution in [3.63, 3.8) is 0 Å². The van der Waals surface area contributed by atoms with Crippen molar-refractivity contribution in [1.29, 1.82) is 0 Å². The van der Waals surface area contributed by atoms with Gasteiger partial charge >= 0.3 is 6.09 Å². The maximum absolute atomic E-state index is 13.2. The van der Waals surface area contributed by atoms with Gasteiger partial charge in [-0.15, -0.1) is 5.10 Å². The summed E-state index contributed by atoms with van der Waals surface area (Å²) in [6.45, 7) is 9.71. The minimum atomic E-state index is -0.590. The normalized spacial score (nSPS) is 16.2. The Bertz CT molecular complexity index is 2220. The molecule has 272 valence electrons. The summed E-state index contributed by atoms with van der Waals surface area (Å²) in [5.74, 6) is -0.0352. The molecule has 0 spiro atoms. The predicted octanol–water partition coefficient (Wildman–Crippen LogP) is 8.69. The highest BCUT2D eigenvalue weighted by molar-refractivity contribution is 5.92. The molecule has 1 saturated heterocycles. The van der Waals surface area contributed by atoms with Gasteiger partial charge < -0.3 is 19.3 Å². The van der Waals surface area contributed by atoms with Crippen LogP contribution in [0.4, 0.5) is 10.5 Å². The van der Waals surface area contributed by atoms with Crippen LogP contribution in [0.3, 0.4) is 0 Å². The van der Waals surface area contributed by atoms with Crippen LogP contribution in [-0.2, 0) is 40.4 Å². The monoisotopic (exact) mass is 709 g/mol. The zero-order valence-electron chi connectivity index (χ0n) is 30.9. The van der Waals surface area contributed by atoms with Gasteiger partial charge in [0.05, 0.1) is 37.7 Å². The Morgan fingerprint density at radius 2 is 1.49 bits per heavy atom. The first-order valence-electron chi connectivity index (χ1n) is 18.4. The number of likely N-dealkylation sites (tertiary alicyclic amines) is 1. The Morgan fingerprint density at radius 1 is 0.811 bits per heavy atom. The molecule has 0 radical (unpaired) electrons.